The molecule has 0 spiro atoms. The van der Waals surface area contributed by atoms with Crippen molar-refractivity contribution in [1.82, 2.24) is 10.6 Å². The highest BCUT2D eigenvalue weighted by Crippen LogP contribution is 2.43. The van der Waals surface area contributed by atoms with Gasteiger partial charge in [-0.1, -0.05) is 18.2 Å². The number of fused-ring (bicyclic) bond motifs is 4. The van der Waals surface area contributed by atoms with Crippen molar-refractivity contribution >= 4 is 6.03 Å². The molecular weight excluding hydrogens is 220 g/mol. The van der Waals surface area contributed by atoms with Crippen molar-refractivity contribution in [3.63, 3.8) is 0 Å². The van der Waals surface area contributed by atoms with Crippen molar-refractivity contribution in [2.24, 2.45) is 5.92 Å². The normalized spacial score (nSPS) is 34.1. The molecule has 1 aromatic rings. The highest BCUT2D eigenvalue weighted by atomic mass is 16.5. The lowest BCUT2D eigenvalue weighted by atomic mass is 9.81. The quantitative estimate of drug-likeness (QED) is 0.671. The SMILES string of the molecule is C[C@]12NC(=O)N[C@H](c3ccccc3O1)[C@H]2CO. The third kappa shape index (κ3) is 1.39. The molecule has 0 radical (unpaired) electrons. The Bertz CT molecular complexity index is 477. The number of hydrogen-bond donors (Lipinski definition) is 3. The molecule has 90 valence electrons. The van der Waals surface area contributed by atoms with Gasteiger partial charge in [0.2, 0.25) is 0 Å². The fraction of sp³-hybridized carbons (Fsp3) is 0.417. The van der Waals surface area contributed by atoms with E-state index < -0.39 is 5.72 Å². The number of benzene rings is 1. The number of carbonyl (C=O) groups is 1. The van der Waals surface area contributed by atoms with E-state index in [4.69, 9.17) is 4.74 Å². The molecule has 2 bridgehead atoms. The first-order valence-corrected chi connectivity index (χ1v) is 5.61. The van der Waals surface area contributed by atoms with Gasteiger partial charge in [-0.25, -0.2) is 4.79 Å². The minimum atomic E-state index is -0.851. The predicted octanol–water partition coefficient (Wildman–Crippen LogP) is 0.758. The third-order valence-corrected chi connectivity index (χ3v) is 3.53. The number of rotatable bonds is 1. The zero-order valence-electron chi connectivity index (χ0n) is 9.43. The van der Waals surface area contributed by atoms with Crippen LogP contribution in [0.2, 0.25) is 0 Å². The van der Waals surface area contributed by atoms with E-state index in [0.29, 0.717) is 0 Å². The zero-order valence-corrected chi connectivity index (χ0v) is 9.43. The molecule has 17 heavy (non-hydrogen) atoms. The van der Waals surface area contributed by atoms with Gasteiger partial charge < -0.3 is 15.2 Å². The Morgan fingerprint density at radius 3 is 3.00 bits per heavy atom. The molecule has 2 aliphatic rings. The predicted molar refractivity (Wildman–Crippen MR) is 60.5 cm³/mol. The topological polar surface area (TPSA) is 70.6 Å². The van der Waals surface area contributed by atoms with E-state index in [1.54, 1.807) is 6.92 Å². The number of aliphatic hydroxyl groups is 1. The molecule has 3 N–H and O–H groups in total. The Morgan fingerprint density at radius 1 is 1.47 bits per heavy atom. The molecule has 1 saturated heterocycles. The maximum atomic E-state index is 11.6. The first-order valence-electron chi connectivity index (χ1n) is 5.61. The van der Waals surface area contributed by atoms with Gasteiger partial charge in [0.15, 0.2) is 5.72 Å². The zero-order chi connectivity index (χ0) is 12.0. The highest BCUT2D eigenvalue weighted by Gasteiger charge is 2.51. The van der Waals surface area contributed by atoms with Crippen molar-refractivity contribution in [3.05, 3.63) is 29.8 Å². The average molecular weight is 234 g/mol. The number of urea groups is 1. The van der Waals surface area contributed by atoms with Gasteiger partial charge in [0.1, 0.15) is 5.75 Å². The van der Waals surface area contributed by atoms with E-state index >= 15 is 0 Å². The fourth-order valence-electron chi connectivity index (χ4n) is 2.65. The first kappa shape index (κ1) is 10.4. The number of ether oxygens (including phenoxy) is 1. The van der Waals surface area contributed by atoms with Gasteiger partial charge in [-0.05, 0) is 13.0 Å². The molecule has 1 aromatic carbocycles. The molecular formula is C12H14N2O3. The van der Waals surface area contributed by atoms with Crippen LogP contribution in [-0.2, 0) is 0 Å². The first-order chi connectivity index (χ1) is 8.14. The van der Waals surface area contributed by atoms with Gasteiger partial charge in [-0.2, -0.15) is 0 Å². The van der Waals surface area contributed by atoms with Gasteiger partial charge >= 0.3 is 6.03 Å². The molecule has 2 amide bonds. The lowest BCUT2D eigenvalue weighted by molar-refractivity contribution is -0.0648. The summed E-state index contributed by atoms with van der Waals surface area (Å²) in [6.45, 7) is 1.73. The summed E-state index contributed by atoms with van der Waals surface area (Å²) in [5.74, 6) is 0.548. The van der Waals surface area contributed by atoms with Crippen LogP contribution in [-0.4, -0.2) is 23.5 Å². The lowest BCUT2D eigenvalue weighted by Crippen LogP contribution is -2.68. The molecule has 1 fully saturated rings. The number of hydrogen-bond acceptors (Lipinski definition) is 3. The lowest BCUT2D eigenvalue weighted by Gasteiger charge is -2.49. The van der Waals surface area contributed by atoms with Crippen molar-refractivity contribution in [2.75, 3.05) is 6.61 Å². The van der Waals surface area contributed by atoms with Crippen LogP contribution in [0.15, 0.2) is 24.3 Å². The summed E-state index contributed by atoms with van der Waals surface area (Å²) in [5.41, 5.74) is 0.0645. The third-order valence-electron chi connectivity index (χ3n) is 3.53. The van der Waals surface area contributed by atoms with Crippen LogP contribution >= 0.6 is 0 Å². The summed E-state index contributed by atoms with van der Waals surface area (Å²) < 4.78 is 5.83. The van der Waals surface area contributed by atoms with Crippen LogP contribution in [0.1, 0.15) is 18.5 Å². The van der Waals surface area contributed by atoms with Crippen LogP contribution < -0.4 is 15.4 Å². The average Bonchev–Trinajstić information content (AvgIpc) is 2.27. The van der Waals surface area contributed by atoms with Gasteiger partial charge in [-0.3, -0.25) is 5.32 Å². The second kappa shape index (κ2) is 3.37. The monoisotopic (exact) mass is 234 g/mol. The fourth-order valence-corrected chi connectivity index (χ4v) is 2.65. The number of amides is 2. The maximum Gasteiger partial charge on any atom is 0.318 e. The van der Waals surface area contributed by atoms with Gasteiger partial charge in [0.25, 0.3) is 0 Å². The van der Waals surface area contributed by atoms with E-state index in [9.17, 15) is 9.90 Å². The summed E-state index contributed by atoms with van der Waals surface area (Å²) in [7, 11) is 0. The van der Waals surface area contributed by atoms with Crippen molar-refractivity contribution in [1.29, 1.82) is 0 Å². The summed E-state index contributed by atoms with van der Waals surface area (Å²) in [4.78, 5) is 11.6. The Balaban J connectivity index is 2.13. The number of aliphatic hydroxyl groups excluding tert-OH is 1. The van der Waals surface area contributed by atoms with Crippen LogP contribution in [0.4, 0.5) is 4.79 Å². The maximum absolute atomic E-state index is 11.6. The van der Waals surface area contributed by atoms with Crippen LogP contribution in [0, 0.1) is 5.92 Å². The number of para-hydroxylation sites is 1. The van der Waals surface area contributed by atoms with Crippen LogP contribution in [0.25, 0.3) is 0 Å². The Labute approximate surface area is 98.8 Å². The van der Waals surface area contributed by atoms with Crippen LogP contribution in [0.3, 0.4) is 0 Å². The van der Waals surface area contributed by atoms with Crippen molar-refractivity contribution in [3.8, 4) is 5.75 Å². The molecule has 3 atom stereocenters. The van der Waals surface area contributed by atoms with E-state index in [1.165, 1.54) is 0 Å². The summed E-state index contributed by atoms with van der Waals surface area (Å²) in [6, 6.07) is 7.09. The highest BCUT2D eigenvalue weighted by molar-refractivity contribution is 5.77. The molecule has 0 aliphatic carbocycles. The number of carbonyl (C=O) groups excluding carboxylic acids is 1. The second-order valence-electron chi connectivity index (χ2n) is 4.61. The largest absolute Gasteiger partial charge is 0.467 e. The van der Waals surface area contributed by atoms with E-state index in [1.807, 2.05) is 24.3 Å². The summed E-state index contributed by atoms with van der Waals surface area (Å²) in [6.07, 6.45) is 0. The Morgan fingerprint density at radius 2 is 2.24 bits per heavy atom. The van der Waals surface area contributed by atoms with E-state index in [-0.39, 0.29) is 24.6 Å². The van der Waals surface area contributed by atoms with Crippen LogP contribution in [0.5, 0.6) is 5.75 Å². The van der Waals surface area contributed by atoms with Crippen molar-refractivity contribution in [2.45, 2.75) is 18.7 Å². The molecule has 5 heteroatoms. The van der Waals surface area contributed by atoms with E-state index in [0.717, 1.165) is 11.3 Å². The minimum Gasteiger partial charge on any atom is -0.467 e. The molecule has 2 aliphatic heterocycles. The molecule has 0 saturated carbocycles. The molecule has 0 aromatic heterocycles. The number of nitrogens with one attached hydrogen (secondary N) is 2. The molecule has 2 heterocycles. The molecule has 3 rings (SSSR count). The molecule has 0 unspecified atom stereocenters. The Kier molecular flexibility index (Phi) is 2.06. The standard InChI is InChI=1S/C12H14N2O3/c1-12-8(6-15)10(13-11(16)14-12)7-4-2-3-5-9(7)17-12/h2-5,8,10,15H,6H2,1H3,(H2,13,14,16)/t8-,10-,12+/m1/s1. The molecule has 5 nitrogen and oxygen atoms in total. The Hall–Kier alpha value is -1.75. The summed E-state index contributed by atoms with van der Waals surface area (Å²) in [5, 5.41) is 15.1. The smallest absolute Gasteiger partial charge is 0.318 e. The van der Waals surface area contributed by atoms with Gasteiger partial charge in [-0.15, -0.1) is 0 Å². The van der Waals surface area contributed by atoms with Crippen molar-refractivity contribution < 1.29 is 14.6 Å². The minimum absolute atomic E-state index is 0.0528. The second-order valence-corrected chi connectivity index (χ2v) is 4.61. The van der Waals surface area contributed by atoms with Gasteiger partial charge in [0, 0.05) is 5.56 Å². The summed E-state index contributed by atoms with van der Waals surface area (Å²) >= 11 is 0. The van der Waals surface area contributed by atoms with E-state index in [2.05, 4.69) is 10.6 Å². The van der Waals surface area contributed by atoms with Gasteiger partial charge in [0.05, 0.1) is 18.6 Å².